The van der Waals surface area contributed by atoms with E-state index in [1.54, 1.807) is 0 Å². The molecule has 2 heteroatoms. The number of hydrogen-bond donors (Lipinski definition) is 1. The van der Waals surface area contributed by atoms with Crippen molar-refractivity contribution in [2.45, 2.75) is 45.8 Å². The van der Waals surface area contributed by atoms with Gasteiger partial charge in [0.25, 0.3) is 0 Å². The van der Waals surface area contributed by atoms with Gasteiger partial charge in [-0.25, -0.2) is 0 Å². The van der Waals surface area contributed by atoms with Gasteiger partial charge in [-0.1, -0.05) is 0 Å². The van der Waals surface area contributed by atoms with Crippen LogP contribution in [-0.2, 0) is 4.74 Å². The van der Waals surface area contributed by atoms with Crippen molar-refractivity contribution in [1.29, 1.82) is 0 Å². The maximum Gasteiger partial charge on any atom is 0.0547 e. The first-order valence-electron chi connectivity index (χ1n) is 4.04. The summed E-state index contributed by atoms with van der Waals surface area (Å²) < 4.78 is 5.34. The third-order valence-corrected chi connectivity index (χ3v) is 1.48. The largest absolute Gasteiger partial charge is 0.379 e. The first-order valence-corrected chi connectivity index (χ1v) is 4.04. The highest BCUT2D eigenvalue weighted by molar-refractivity contribution is 4.57. The molecule has 0 amide bonds. The van der Waals surface area contributed by atoms with Crippen molar-refractivity contribution >= 4 is 0 Å². The first kappa shape index (κ1) is 9.92. The molecule has 0 radical (unpaired) electrons. The lowest BCUT2D eigenvalue weighted by molar-refractivity contribution is 0.0678. The Balaban J connectivity index is 3.12. The molecular weight excluding hydrogens is 126 g/mol. The molecule has 0 aromatic carbocycles. The quantitative estimate of drug-likeness (QED) is 0.637. The second kappa shape index (κ2) is 5.69. The van der Waals surface area contributed by atoms with Crippen molar-refractivity contribution in [3.05, 3.63) is 0 Å². The van der Waals surface area contributed by atoms with Crippen LogP contribution in [0.15, 0.2) is 0 Å². The summed E-state index contributed by atoms with van der Waals surface area (Å²) in [4.78, 5) is 0. The average Bonchev–Trinajstić information content (AvgIpc) is 1.85. The molecule has 0 saturated carbocycles. The molecule has 0 heterocycles. The van der Waals surface area contributed by atoms with Gasteiger partial charge in [-0.15, -0.1) is 0 Å². The minimum absolute atomic E-state index is 0.308. The lowest BCUT2D eigenvalue weighted by atomic mass is 10.1. The molecule has 2 unspecified atom stereocenters. The Kier molecular flexibility index (Phi) is 5.64. The molecule has 0 bridgehead atoms. The molecule has 0 aliphatic heterocycles. The van der Waals surface area contributed by atoms with E-state index in [0.29, 0.717) is 12.1 Å². The van der Waals surface area contributed by atoms with Crippen molar-refractivity contribution < 1.29 is 4.74 Å². The van der Waals surface area contributed by atoms with E-state index in [1.165, 1.54) is 0 Å². The maximum absolute atomic E-state index is 5.58. The lowest BCUT2D eigenvalue weighted by Gasteiger charge is -2.12. The highest BCUT2D eigenvalue weighted by Gasteiger charge is 2.01. The van der Waals surface area contributed by atoms with E-state index in [0.717, 1.165) is 19.4 Å². The van der Waals surface area contributed by atoms with E-state index >= 15 is 0 Å². The summed E-state index contributed by atoms with van der Waals surface area (Å²) in [5.74, 6) is 0. The summed E-state index contributed by atoms with van der Waals surface area (Å²) in [5, 5.41) is 0. The highest BCUT2D eigenvalue weighted by Crippen LogP contribution is 2.02. The first-order chi connectivity index (χ1) is 4.66. The Morgan fingerprint density at radius 1 is 1.30 bits per heavy atom. The van der Waals surface area contributed by atoms with Crippen LogP contribution in [0.2, 0.25) is 0 Å². The molecule has 0 aromatic heterocycles. The normalized spacial score (nSPS) is 16.8. The van der Waals surface area contributed by atoms with Gasteiger partial charge in [0.15, 0.2) is 0 Å². The number of nitrogens with two attached hydrogens (primary N) is 1. The summed E-state index contributed by atoms with van der Waals surface area (Å²) in [6.45, 7) is 6.94. The van der Waals surface area contributed by atoms with Crippen LogP contribution in [0.5, 0.6) is 0 Å². The fourth-order valence-corrected chi connectivity index (χ4v) is 0.865. The van der Waals surface area contributed by atoms with Crippen molar-refractivity contribution in [2.75, 3.05) is 6.61 Å². The van der Waals surface area contributed by atoms with E-state index in [4.69, 9.17) is 10.5 Å². The van der Waals surface area contributed by atoms with Gasteiger partial charge in [0.1, 0.15) is 0 Å². The summed E-state index contributed by atoms with van der Waals surface area (Å²) in [5.41, 5.74) is 5.58. The van der Waals surface area contributed by atoms with Crippen LogP contribution in [-0.4, -0.2) is 18.8 Å². The zero-order valence-electron chi connectivity index (χ0n) is 7.26. The van der Waals surface area contributed by atoms with E-state index in [2.05, 4.69) is 6.92 Å². The predicted octanol–water partition coefficient (Wildman–Crippen LogP) is 1.54. The van der Waals surface area contributed by atoms with Gasteiger partial charge >= 0.3 is 0 Å². The molecule has 0 fully saturated rings. The molecule has 0 aliphatic rings. The number of hydrogen-bond acceptors (Lipinski definition) is 2. The summed E-state index contributed by atoms with van der Waals surface area (Å²) >= 11 is 0. The van der Waals surface area contributed by atoms with E-state index < -0.39 is 0 Å². The Morgan fingerprint density at radius 3 is 2.30 bits per heavy atom. The van der Waals surface area contributed by atoms with Crippen molar-refractivity contribution in [1.82, 2.24) is 0 Å². The fraction of sp³-hybridized carbons (Fsp3) is 1.00. The van der Waals surface area contributed by atoms with E-state index in [-0.39, 0.29) is 0 Å². The van der Waals surface area contributed by atoms with Crippen LogP contribution >= 0.6 is 0 Å². The van der Waals surface area contributed by atoms with Gasteiger partial charge in [-0.05, 0) is 33.6 Å². The van der Waals surface area contributed by atoms with Crippen LogP contribution in [0, 0.1) is 0 Å². The van der Waals surface area contributed by atoms with Gasteiger partial charge in [-0.3, -0.25) is 0 Å². The van der Waals surface area contributed by atoms with Crippen LogP contribution in [0.25, 0.3) is 0 Å². The molecule has 0 rings (SSSR count). The predicted molar refractivity (Wildman–Crippen MR) is 44.0 cm³/mol. The molecule has 2 atom stereocenters. The zero-order chi connectivity index (χ0) is 7.98. The second-order valence-corrected chi connectivity index (χ2v) is 2.82. The van der Waals surface area contributed by atoms with Crippen LogP contribution in [0.1, 0.15) is 33.6 Å². The van der Waals surface area contributed by atoms with Crippen molar-refractivity contribution in [2.24, 2.45) is 5.73 Å². The topological polar surface area (TPSA) is 35.2 Å². The van der Waals surface area contributed by atoms with Crippen molar-refractivity contribution in [3.63, 3.8) is 0 Å². The highest BCUT2D eigenvalue weighted by atomic mass is 16.5. The molecular formula is C8H19NO. The number of rotatable bonds is 5. The maximum atomic E-state index is 5.58. The third-order valence-electron chi connectivity index (χ3n) is 1.48. The SMILES string of the molecule is CCOC(C)CCC(C)N. The summed E-state index contributed by atoms with van der Waals surface area (Å²) in [6.07, 6.45) is 2.50. The molecule has 2 N–H and O–H groups in total. The van der Waals surface area contributed by atoms with E-state index in [9.17, 15) is 0 Å². The minimum atomic E-state index is 0.308. The Labute approximate surface area is 63.7 Å². The summed E-state index contributed by atoms with van der Waals surface area (Å²) in [7, 11) is 0. The second-order valence-electron chi connectivity index (χ2n) is 2.82. The molecule has 0 saturated heterocycles. The zero-order valence-corrected chi connectivity index (χ0v) is 7.26. The summed E-state index contributed by atoms with van der Waals surface area (Å²) in [6, 6.07) is 0.308. The molecule has 0 aliphatic carbocycles. The monoisotopic (exact) mass is 145 g/mol. The molecule has 2 nitrogen and oxygen atoms in total. The van der Waals surface area contributed by atoms with Crippen LogP contribution < -0.4 is 5.73 Å². The van der Waals surface area contributed by atoms with Gasteiger partial charge in [0.05, 0.1) is 6.10 Å². The third kappa shape index (κ3) is 6.05. The Morgan fingerprint density at radius 2 is 1.90 bits per heavy atom. The van der Waals surface area contributed by atoms with Gasteiger partial charge in [0.2, 0.25) is 0 Å². The minimum Gasteiger partial charge on any atom is -0.379 e. The van der Waals surface area contributed by atoms with Gasteiger partial charge in [0, 0.05) is 12.6 Å². The molecule has 0 aromatic rings. The average molecular weight is 145 g/mol. The Hall–Kier alpha value is -0.0800. The van der Waals surface area contributed by atoms with Crippen LogP contribution in [0.4, 0.5) is 0 Å². The molecule has 62 valence electrons. The fourth-order valence-electron chi connectivity index (χ4n) is 0.865. The smallest absolute Gasteiger partial charge is 0.0547 e. The molecule has 10 heavy (non-hydrogen) atoms. The van der Waals surface area contributed by atoms with Crippen LogP contribution in [0.3, 0.4) is 0 Å². The Bertz CT molecular complexity index is 73.7. The standard InChI is InChI=1S/C8H19NO/c1-4-10-8(3)6-5-7(2)9/h7-8H,4-6,9H2,1-3H3. The van der Waals surface area contributed by atoms with Gasteiger partial charge in [-0.2, -0.15) is 0 Å². The van der Waals surface area contributed by atoms with Gasteiger partial charge < -0.3 is 10.5 Å². The lowest BCUT2D eigenvalue weighted by Crippen LogP contribution is -2.18. The number of ether oxygens (including phenoxy) is 1. The van der Waals surface area contributed by atoms with E-state index in [1.807, 2.05) is 13.8 Å². The molecule has 0 spiro atoms. The van der Waals surface area contributed by atoms with Crippen molar-refractivity contribution in [3.8, 4) is 0 Å².